The monoisotopic (exact) mass is 180 g/mol. The lowest BCUT2D eigenvalue weighted by Gasteiger charge is -2.00. The standard InChI is InChI=1S/C5H12N2OS2/c1-2-10(8)4-3-7-5(6)9/h2-4H2,1H3,(H3,6,7,9). The van der Waals surface area contributed by atoms with Crippen LogP contribution in [0.2, 0.25) is 0 Å². The lowest BCUT2D eigenvalue weighted by Crippen LogP contribution is -2.32. The molecule has 1 unspecified atom stereocenters. The van der Waals surface area contributed by atoms with Crippen LogP contribution in [0.1, 0.15) is 6.92 Å². The van der Waals surface area contributed by atoms with Crippen molar-refractivity contribution in [3.63, 3.8) is 0 Å². The average molecular weight is 180 g/mol. The van der Waals surface area contributed by atoms with Gasteiger partial charge in [-0.05, 0) is 12.2 Å². The van der Waals surface area contributed by atoms with E-state index in [1.807, 2.05) is 6.92 Å². The van der Waals surface area contributed by atoms with E-state index in [0.29, 0.717) is 18.1 Å². The van der Waals surface area contributed by atoms with Crippen molar-refractivity contribution in [1.82, 2.24) is 5.32 Å². The third-order valence-electron chi connectivity index (χ3n) is 0.951. The van der Waals surface area contributed by atoms with E-state index < -0.39 is 10.8 Å². The summed E-state index contributed by atoms with van der Waals surface area (Å²) in [6, 6.07) is 0. The van der Waals surface area contributed by atoms with Gasteiger partial charge in [-0.3, -0.25) is 4.21 Å². The Kier molecular flexibility index (Phi) is 5.52. The molecule has 0 aliphatic rings. The van der Waals surface area contributed by atoms with E-state index in [-0.39, 0.29) is 5.11 Å². The van der Waals surface area contributed by atoms with Crippen molar-refractivity contribution in [1.29, 1.82) is 0 Å². The van der Waals surface area contributed by atoms with Gasteiger partial charge in [0, 0.05) is 28.9 Å². The zero-order chi connectivity index (χ0) is 7.98. The highest BCUT2D eigenvalue weighted by Gasteiger charge is 1.94. The summed E-state index contributed by atoms with van der Waals surface area (Å²) in [5.74, 6) is 1.31. The lowest BCUT2D eigenvalue weighted by atomic mass is 10.7. The summed E-state index contributed by atoms with van der Waals surface area (Å²) in [7, 11) is -0.721. The first-order valence-corrected chi connectivity index (χ1v) is 4.94. The predicted molar refractivity (Wildman–Crippen MR) is 48.3 cm³/mol. The third kappa shape index (κ3) is 5.97. The van der Waals surface area contributed by atoms with Crippen LogP contribution >= 0.6 is 12.2 Å². The smallest absolute Gasteiger partial charge is 0.163 e. The Balaban J connectivity index is 3.20. The van der Waals surface area contributed by atoms with Crippen molar-refractivity contribution in [2.75, 3.05) is 18.1 Å². The van der Waals surface area contributed by atoms with E-state index >= 15 is 0 Å². The van der Waals surface area contributed by atoms with Crippen LogP contribution in [0.25, 0.3) is 0 Å². The first kappa shape index (κ1) is 9.84. The van der Waals surface area contributed by atoms with E-state index in [9.17, 15) is 4.21 Å². The van der Waals surface area contributed by atoms with Gasteiger partial charge in [0.2, 0.25) is 0 Å². The molecule has 60 valence electrons. The quantitative estimate of drug-likeness (QED) is 0.577. The summed E-state index contributed by atoms with van der Waals surface area (Å²) in [6.07, 6.45) is 0. The van der Waals surface area contributed by atoms with Gasteiger partial charge in [0.25, 0.3) is 0 Å². The fourth-order valence-electron chi connectivity index (χ4n) is 0.432. The molecule has 0 aliphatic carbocycles. The van der Waals surface area contributed by atoms with Crippen LogP contribution in [0.4, 0.5) is 0 Å². The van der Waals surface area contributed by atoms with Crippen LogP contribution in [-0.2, 0) is 10.8 Å². The van der Waals surface area contributed by atoms with Crippen LogP contribution in [0.5, 0.6) is 0 Å². The number of hydrogen-bond donors (Lipinski definition) is 2. The topological polar surface area (TPSA) is 55.1 Å². The van der Waals surface area contributed by atoms with E-state index in [1.54, 1.807) is 0 Å². The molecule has 0 radical (unpaired) electrons. The molecular weight excluding hydrogens is 168 g/mol. The van der Waals surface area contributed by atoms with Gasteiger partial charge >= 0.3 is 0 Å². The van der Waals surface area contributed by atoms with Crippen LogP contribution in [0, 0.1) is 0 Å². The van der Waals surface area contributed by atoms with Crippen molar-refractivity contribution in [3.8, 4) is 0 Å². The molecule has 0 amide bonds. The van der Waals surface area contributed by atoms with Gasteiger partial charge in [-0.2, -0.15) is 0 Å². The minimum absolute atomic E-state index is 0.271. The molecule has 0 saturated carbocycles. The molecule has 3 nitrogen and oxygen atoms in total. The van der Waals surface area contributed by atoms with E-state index in [1.165, 1.54) is 0 Å². The van der Waals surface area contributed by atoms with Crippen molar-refractivity contribution in [2.24, 2.45) is 5.73 Å². The highest BCUT2D eigenvalue weighted by molar-refractivity contribution is 7.84. The SMILES string of the molecule is CCS(=O)CCNC(N)=S. The number of rotatable bonds is 4. The summed E-state index contributed by atoms with van der Waals surface area (Å²) in [6.45, 7) is 2.49. The molecule has 0 spiro atoms. The minimum Gasteiger partial charge on any atom is -0.376 e. The Hall–Kier alpha value is -0.160. The minimum atomic E-state index is -0.721. The molecule has 0 aliphatic heterocycles. The van der Waals surface area contributed by atoms with Gasteiger partial charge in [-0.15, -0.1) is 0 Å². The summed E-state index contributed by atoms with van der Waals surface area (Å²) < 4.78 is 10.8. The van der Waals surface area contributed by atoms with Crippen molar-refractivity contribution in [2.45, 2.75) is 6.92 Å². The van der Waals surface area contributed by atoms with Crippen molar-refractivity contribution in [3.05, 3.63) is 0 Å². The number of hydrogen-bond acceptors (Lipinski definition) is 2. The normalized spacial score (nSPS) is 12.5. The average Bonchev–Trinajstić information content (AvgIpc) is 1.87. The second-order valence-electron chi connectivity index (χ2n) is 1.72. The maximum Gasteiger partial charge on any atom is 0.163 e. The first-order valence-electron chi connectivity index (χ1n) is 3.05. The van der Waals surface area contributed by atoms with E-state index in [0.717, 1.165) is 0 Å². The van der Waals surface area contributed by atoms with E-state index in [2.05, 4.69) is 17.5 Å². The summed E-state index contributed by atoms with van der Waals surface area (Å²) >= 11 is 4.55. The first-order chi connectivity index (χ1) is 4.66. The molecule has 0 fully saturated rings. The van der Waals surface area contributed by atoms with E-state index in [4.69, 9.17) is 5.73 Å². The lowest BCUT2D eigenvalue weighted by molar-refractivity contribution is 0.682. The third-order valence-corrected chi connectivity index (χ3v) is 2.40. The number of thiocarbonyl (C=S) groups is 1. The molecule has 0 bridgehead atoms. The molecule has 0 heterocycles. The van der Waals surface area contributed by atoms with Gasteiger partial charge in [-0.1, -0.05) is 6.92 Å². The van der Waals surface area contributed by atoms with Crippen LogP contribution in [0.3, 0.4) is 0 Å². The molecule has 0 aromatic rings. The Morgan fingerprint density at radius 1 is 1.80 bits per heavy atom. The molecule has 0 aromatic heterocycles. The molecule has 0 aromatic carbocycles. The molecule has 0 rings (SSSR count). The Morgan fingerprint density at radius 3 is 2.80 bits per heavy atom. The number of nitrogens with two attached hydrogens (primary N) is 1. The Bertz CT molecular complexity index is 138. The van der Waals surface area contributed by atoms with Crippen molar-refractivity contribution < 1.29 is 4.21 Å². The molecular formula is C5H12N2OS2. The van der Waals surface area contributed by atoms with Gasteiger partial charge in [0.15, 0.2) is 5.11 Å². The predicted octanol–water partition coefficient (Wildman–Crippen LogP) is -0.412. The zero-order valence-corrected chi connectivity index (χ0v) is 7.56. The van der Waals surface area contributed by atoms with Crippen molar-refractivity contribution >= 4 is 28.1 Å². The van der Waals surface area contributed by atoms with Gasteiger partial charge < -0.3 is 11.1 Å². The van der Waals surface area contributed by atoms with Crippen LogP contribution < -0.4 is 11.1 Å². The Morgan fingerprint density at radius 2 is 2.40 bits per heavy atom. The molecule has 1 atom stereocenters. The van der Waals surface area contributed by atoms with Gasteiger partial charge in [0.1, 0.15) is 0 Å². The summed E-state index contributed by atoms with van der Waals surface area (Å²) in [5, 5.41) is 3.00. The zero-order valence-electron chi connectivity index (χ0n) is 5.92. The maximum atomic E-state index is 10.8. The Labute approximate surface area is 68.8 Å². The molecule has 0 saturated heterocycles. The molecule has 10 heavy (non-hydrogen) atoms. The largest absolute Gasteiger partial charge is 0.376 e. The highest BCUT2D eigenvalue weighted by atomic mass is 32.2. The second kappa shape index (κ2) is 5.61. The molecule has 5 heteroatoms. The van der Waals surface area contributed by atoms with Gasteiger partial charge in [0.05, 0.1) is 0 Å². The summed E-state index contributed by atoms with van der Waals surface area (Å²) in [4.78, 5) is 0. The number of nitrogens with one attached hydrogen (secondary N) is 1. The van der Waals surface area contributed by atoms with Gasteiger partial charge in [-0.25, -0.2) is 0 Å². The summed E-state index contributed by atoms with van der Waals surface area (Å²) in [5.41, 5.74) is 5.14. The second-order valence-corrected chi connectivity index (χ2v) is 4.03. The van der Waals surface area contributed by atoms with Crippen LogP contribution in [-0.4, -0.2) is 27.4 Å². The highest BCUT2D eigenvalue weighted by Crippen LogP contribution is 1.78. The molecule has 3 N–H and O–H groups in total. The fraction of sp³-hybridized carbons (Fsp3) is 0.800. The van der Waals surface area contributed by atoms with Crippen LogP contribution in [0.15, 0.2) is 0 Å². The fourth-order valence-corrected chi connectivity index (χ4v) is 1.15. The maximum absolute atomic E-state index is 10.8.